The summed E-state index contributed by atoms with van der Waals surface area (Å²) in [6.45, 7) is 7.84. The van der Waals surface area contributed by atoms with Gasteiger partial charge in [0.2, 0.25) is 0 Å². The van der Waals surface area contributed by atoms with Crippen molar-refractivity contribution in [2.45, 2.75) is 108 Å². The highest BCUT2D eigenvalue weighted by molar-refractivity contribution is 5.96. The second-order valence-electron chi connectivity index (χ2n) is 17.8. The molecule has 3 fully saturated rings. The van der Waals surface area contributed by atoms with E-state index in [-0.39, 0.29) is 41.0 Å². The van der Waals surface area contributed by atoms with E-state index in [1.54, 1.807) is 62.4 Å². The predicted octanol–water partition coefficient (Wildman–Crippen LogP) is 5.07. The van der Waals surface area contributed by atoms with E-state index >= 15 is 4.79 Å². The van der Waals surface area contributed by atoms with E-state index in [0.717, 1.165) is 13.8 Å². The molecular formula is C47H51N5O14. The number of esters is 4. The van der Waals surface area contributed by atoms with E-state index in [2.05, 4.69) is 20.7 Å². The van der Waals surface area contributed by atoms with Crippen LogP contribution >= 0.6 is 0 Å². The molecule has 1 heterocycles. The Labute approximate surface area is 379 Å². The van der Waals surface area contributed by atoms with Crippen LogP contribution in [0.4, 0.5) is 16.2 Å². The Morgan fingerprint density at radius 3 is 2.12 bits per heavy atom. The van der Waals surface area contributed by atoms with Crippen molar-refractivity contribution in [2.24, 2.45) is 21.9 Å². The summed E-state index contributed by atoms with van der Waals surface area (Å²) >= 11 is 0. The van der Waals surface area contributed by atoms with Crippen molar-refractivity contribution in [3.05, 3.63) is 118 Å². The number of nitrogens with one attached hydrogen (secondary N) is 2. The average Bonchev–Trinajstić information content (AvgIpc) is 3.27. The minimum Gasteiger partial charge on any atom is -0.456 e. The normalized spacial score (nSPS) is 30.4. The number of azide groups is 1. The molecule has 4 aliphatic rings. The quantitative estimate of drug-likeness (QED) is 0.0420. The third kappa shape index (κ3) is 8.17. The number of benzene rings is 3. The van der Waals surface area contributed by atoms with Crippen molar-refractivity contribution in [2.75, 3.05) is 11.9 Å². The smallest absolute Gasteiger partial charge is 0.338 e. The van der Waals surface area contributed by atoms with E-state index in [4.69, 9.17) is 29.2 Å². The molecule has 19 heteroatoms. The first-order valence-corrected chi connectivity index (χ1v) is 21.3. The second kappa shape index (κ2) is 18.0. The van der Waals surface area contributed by atoms with Crippen molar-refractivity contribution < 1.29 is 67.8 Å². The number of hydrogen-bond acceptors (Lipinski definition) is 15. The molecule has 19 nitrogen and oxygen atoms in total. The molecule has 2 amide bonds. The largest absolute Gasteiger partial charge is 0.456 e. The van der Waals surface area contributed by atoms with Gasteiger partial charge in [-0.25, -0.2) is 14.4 Å². The van der Waals surface area contributed by atoms with Crippen LogP contribution in [0.15, 0.2) is 101 Å². The third-order valence-electron chi connectivity index (χ3n) is 13.7. The number of ether oxygens (including phenoxy) is 5. The summed E-state index contributed by atoms with van der Waals surface area (Å²) in [6.07, 6.45) is -10.8. The van der Waals surface area contributed by atoms with Crippen molar-refractivity contribution in [1.29, 1.82) is 0 Å². The minimum atomic E-state index is -2.43. The van der Waals surface area contributed by atoms with Gasteiger partial charge in [-0.2, -0.15) is 0 Å². The molecule has 1 saturated heterocycles. The number of nitrogens with zero attached hydrogens (tertiary/aromatic N) is 3. The molecule has 0 radical (unpaired) electrons. The van der Waals surface area contributed by atoms with Crippen LogP contribution in [0.2, 0.25) is 0 Å². The van der Waals surface area contributed by atoms with Crippen LogP contribution in [0.5, 0.6) is 0 Å². The molecule has 348 valence electrons. The van der Waals surface area contributed by atoms with Gasteiger partial charge in [0.25, 0.3) is 0 Å². The van der Waals surface area contributed by atoms with Crippen molar-refractivity contribution in [3.8, 4) is 0 Å². The van der Waals surface area contributed by atoms with Gasteiger partial charge in [0.1, 0.15) is 23.9 Å². The number of ketones is 1. The maximum absolute atomic E-state index is 15.5. The van der Waals surface area contributed by atoms with Crippen molar-refractivity contribution >= 4 is 47.1 Å². The summed E-state index contributed by atoms with van der Waals surface area (Å²) in [4.78, 5) is 86.4. The van der Waals surface area contributed by atoms with Gasteiger partial charge in [-0.1, -0.05) is 79.6 Å². The Kier molecular flexibility index (Phi) is 12.9. The van der Waals surface area contributed by atoms with E-state index in [9.17, 15) is 39.3 Å². The molecule has 0 aromatic heterocycles. The summed E-state index contributed by atoms with van der Waals surface area (Å²) < 4.78 is 30.3. The number of amides is 2. The molecule has 2 bridgehead atoms. The maximum atomic E-state index is 15.5. The highest BCUT2D eigenvalue weighted by atomic mass is 16.6. The molecule has 0 spiro atoms. The Morgan fingerprint density at radius 1 is 0.909 bits per heavy atom. The van der Waals surface area contributed by atoms with Gasteiger partial charge in [-0.15, -0.1) is 0 Å². The number of rotatable bonds is 11. The maximum Gasteiger partial charge on any atom is 0.338 e. The summed E-state index contributed by atoms with van der Waals surface area (Å²) in [5, 5.41) is 46.3. The lowest BCUT2D eigenvalue weighted by Crippen LogP contribution is -2.82. The van der Waals surface area contributed by atoms with Gasteiger partial charge in [-0.05, 0) is 60.4 Å². The average molecular weight is 910 g/mol. The van der Waals surface area contributed by atoms with Crippen LogP contribution in [0.1, 0.15) is 76.3 Å². The minimum absolute atomic E-state index is 0.0338. The SMILES string of the molecule is CC(=O)O[C@H]1C(=O)[C@@]2(C)[C@H]([C@H](OC(=O)c3ccccc3)[C@]3(O)C[C@H](OC(=O)[C@H](O)C(NC(=O)Nc4ccc(N=[N+]=[N-])cc4)c4ccccc4)C(C)=C1C3(C)C)[C@]1(OC(C)=O)CO[C@@H]1C[C@@H]2O. The Bertz CT molecular complexity index is 2500. The number of hydrogen-bond donors (Lipinski definition) is 5. The van der Waals surface area contributed by atoms with Gasteiger partial charge in [0.05, 0.1) is 35.6 Å². The number of carbonyl (C=O) groups excluding carboxylic acids is 6. The first kappa shape index (κ1) is 47.3. The number of aliphatic hydroxyl groups excluding tert-OH is 2. The summed E-state index contributed by atoms with van der Waals surface area (Å²) in [6, 6.07) is 19.4. The number of carbonyl (C=O) groups is 6. The standard InChI is InChI=1S/C47H51N5O14/c1-24-31(64-42(59)36(56)35(27-13-9-7-10-14-27)50-43(60)49-29-17-19-30(20-18-29)51-52-48)22-47(61)40(65-41(58)28-15-11-8-12-16-28)38-45(6,32(55)21-33-46(38,23-62-33)66-26(3)54)39(57)37(63-25(2)53)34(24)44(47,4)5/h7-20,31-33,35-38,40,55-56,61H,21-23H2,1-6H3,(H2,49,50,60)/t31-,32-,33+,35?,36+,37+,38-,40-,45+,46-,47+/m0/s1. The lowest BCUT2D eigenvalue weighted by atomic mass is 9.44. The molecule has 3 aromatic carbocycles. The lowest BCUT2D eigenvalue weighted by molar-refractivity contribution is -0.346. The number of fused-ring (bicyclic) bond motifs is 5. The van der Waals surface area contributed by atoms with Gasteiger partial charge < -0.3 is 49.6 Å². The number of Topliss-reactive ketones (excluding diaryl/α,β-unsaturated/α-hetero) is 1. The lowest BCUT2D eigenvalue weighted by Gasteiger charge is -2.67. The van der Waals surface area contributed by atoms with Gasteiger partial charge in [0, 0.05) is 48.4 Å². The zero-order chi connectivity index (χ0) is 47.9. The molecule has 3 aliphatic carbocycles. The number of aliphatic hydroxyl groups is 3. The van der Waals surface area contributed by atoms with Gasteiger partial charge in [-0.3, -0.25) is 14.4 Å². The molecule has 11 atom stereocenters. The third-order valence-corrected chi connectivity index (χ3v) is 13.7. The van der Waals surface area contributed by atoms with E-state index in [1.807, 2.05) is 0 Å². The molecule has 5 N–H and O–H groups in total. The summed E-state index contributed by atoms with van der Waals surface area (Å²) in [5.41, 5.74) is 1.75. The van der Waals surface area contributed by atoms with Crippen LogP contribution in [0.25, 0.3) is 10.4 Å². The molecule has 66 heavy (non-hydrogen) atoms. The first-order chi connectivity index (χ1) is 31.2. The van der Waals surface area contributed by atoms with Crippen LogP contribution < -0.4 is 10.6 Å². The van der Waals surface area contributed by atoms with Gasteiger partial charge in [0.15, 0.2) is 23.6 Å². The highest BCUT2D eigenvalue weighted by Gasteiger charge is 2.78. The zero-order valence-corrected chi connectivity index (χ0v) is 37.0. The fraction of sp³-hybridized carbons (Fsp3) is 0.447. The van der Waals surface area contributed by atoms with Crippen LogP contribution in [0, 0.1) is 16.7 Å². The van der Waals surface area contributed by atoms with Crippen LogP contribution in [-0.4, -0.2) is 105 Å². The van der Waals surface area contributed by atoms with Gasteiger partial charge >= 0.3 is 29.9 Å². The predicted molar refractivity (Wildman–Crippen MR) is 231 cm³/mol. The Morgan fingerprint density at radius 2 is 1.55 bits per heavy atom. The molecule has 7 rings (SSSR count). The fourth-order valence-electron chi connectivity index (χ4n) is 10.3. The number of anilines is 1. The second-order valence-corrected chi connectivity index (χ2v) is 17.8. The molecule has 2 saturated carbocycles. The zero-order valence-electron chi connectivity index (χ0n) is 37.0. The van der Waals surface area contributed by atoms with Crippen LogP contribution in [-0.2, 0) is 42.9 Å². The van der Waals surface area contributed by atoms with Crippen molar-refractivity contribution in [3.63, 3.8) is 0 Å². The topological polar surface area (TPSA) is 282 Å². The summed E-state index contributed by atoms with van der Waals surface area (Å²) in [7, 11) is 0. The monoisotopic (exact) mass is 909 g/mol. The molecule has 3 aromatic rings. The Hall–Kier alpha value is -6.63. The molecule has 1 unspecified atom stereocenters. The van der Waals surface area contributed by atoms with Crippen molar-refractivity contribution in [1.82, 2.24) is 5.32 Å². The highest BCUT2D eigenvalue weighted by Crippen LogP contribution is 2.64. The first-order valence-electron chi connectivity index (χ1n) is 21.3. The number of urea groups is 1. The molecule has 1 aliphatic heterocycles. The van der Waals surface area contributed by atoms with E-state index in [0.29, 0.717) is 5.69 Å². The van der Waals surface area contributed by atoms with Crippen LogP contribution in [0.3, 0.4) is 0 Å². The van der Waals surface area contributed by atoms with E-state index < -0.39 is 113 Å². The fourth-order valence-corrected chi connectivity index (χ4v) is 10.3. The molecular weight excluding hydrogens is 859 g/mol. The van der Waals surface area contributed by atoms with E-state index in [1.165, 1.54) is 50.2 Å². The summed E-state index contributed by atoms with van der Waals surface area (Å²) in [5.74, 6) is -6.42. The Balaban J connectivity index is 1.34.